The highest BCUT2D eigenvalue weighted by atomic mass is 16.6. The minimum absolute atomic E-state index is 0.0793. The number of carbonyl (C=O) groups is 1. The molecular weight excluding hydrogens is 360 g/mol. The average molecular weight is 386 g/mol. The number of piperidine rings is 1. The van der Waals surface area contributed by atoms with Crippen LogP contribution in [0.15, 0.2) is 23.2 Å². The maximum Gasteiger partial charge on any atom is 0.409 e. The van der Waals surface area contributed by atoms with E-state index in [1.807, 2.05) is 22.8 Å². The van der Waals surface area contributed by atoms with Gasteiger partial charge in [0.25, 0.3) is 0 Å². The molecule has 8 heteroatoms. The van der Waals surface area contributed by atoms with Crippen molar-refractivity contribution in [2.24, 2.45) is 4.99 Å². The maximum absolute atomic E-state index is 12.0. The molecular formula is C20H26N4O4. The van der Waals surface area contributed by atoms with Crippen molar-refractivity contribution in [1.29, 1.82) is 0 Å². The van der Waals surface area contributed by atoms with E-state index in [1.165, 1.54) is 0 Å². The second-order valence-corrected chi connectivity index (χ2v) is 7.14. The molecule has 0 unspecified atom stereocenters. The Morgan fingerprint density at radius 2 is 2.18 bits per heavy atom. The fraction of sp³-hybridized carbons (Fsp3) is 0.500. The minimum atomic E-state index is -0.273. The summed E-state index contributed by atoms with van der Waals surface area (Å²) in [6.45, 7) is 4.92. The van der Waals surface area contributed by atoms with Gasteiger partial charge in [-0.2, -0.15) is 0 Å². The number of ether oxygens (including phenoxy) is 2. The SMILES string of the molecule is CCOC(=O)N1CCC(n2c(O)c(C3=NCCOC3)c3cc(N)ccc32)CC1. The first kappa shape index (κ1) is 18.6. The quantitative estimate of drug-likeness (QED) is 0.789. The number of rotatable bonds is 3. The summed E-state index contributed by atoms with van der Waals surface area (Å²) in [4.78, 5) is 18.3. The first-order chi connectivity index (χ1) is 13.6. The van der Waals surface area contributed by atoms with Gasteiger partial charge in [-0.3, -0.25) is 4.99 Å². The van der Waals surface area contributed by atoms with Gasteiger partial charge in [-0.25, -0.2) is 4.79 Å². The van der Waals surface area contributed by atoms with Crippen LogP contribution in [0.2, 0.25) is 0 Å². The number of hydrogen-bond acceptors (Lipinski definition) is 6. The summed E-state index contributed by atoms with van der Waals surface area (Å²) < 4.78 is 12.6. The van der Waals surface area contributed by atoms with Gasteiger partial charge in [-0.1, -0.05) is 0 Å². The van der Waals surface area contributed by atoms with Gasteiger partial charge in [-0.05, 0) is 38.0 Å². The predicted octanol–water partition coefficient (Wildman–Crippen LogP) is 2.54. The number of aliphatic imine (C=N–C) groups is 1. The minimum Gasteiger partial charge on any atom is -0.494 e. The fourth-order valence-electron chi connectivity index (χ4n) is 4.11. The Balaban J connectivity index is 1.69. The van der Waals surface area contributed by atoms with Gasteiger partial charge in [0.1, 0.15) is 0 Å². The number of hydrogen-bond donors (Lipinski definition) is 2. The molecule has 150 valence electrons. The number of nitrogens with two attached hydrogens (primary N) is 1. The van der Waals surface area contributed by atoms with Crippen LogP contribution >= 0.6 is 0 Å². The molecule has 3 heterocycles. The predicted molar refractivity (Wildman–Crippen MR) is 107 cm³/mol. The van der Waals surface area contributed by atoms with Crippen LogP contribution in [0.3, 0.4) is 0 Å². The molecule has 4 rings (SSSR count). The van der Waals surface area contributed by atoms with Crippen LogP contribution in [0.5, 0.6) is 5.88 Å². The smallest absolute Gasteiger partial charge is 0.409 e. The Morgan fingerprint density at radius 1 is 1.39 bits per heavy atom. The first-order valence-electron chi connectivity index (χ1n) is 9.75. The van der Waals surface area contributed by atoms with E-state index >= 15 is 0 Å². The second-order valence-electron chi connectivity index (χ2n) is 7.14. The second kappa shape index (κ2) is 7.71. The summed E-state index contributed by atoms with van der Waals surface area (Å²) in [5.41, 5.74) is 9.04. The largest absolute Gasteiger partial charge is 0.494 e. The van der Waals surface area contributed by atoms with E-state index in [2.05, 4.69) is 4.99 Å². The molecule has 0 atom stereocenters. The molecule has 0 aliphatic carbocycles. The van der Waals surface area contributed by atoms with Crippen molar-refractivity contribution in [1.82, 2.24) is 9.47 Å². The normalized spacial score (nSPS) is 18.3. The molecule has 0 saturated carbocycles. The number of anilines is 1. The molecule has 2 aliphatic rings. The van der Waals surface area contributed by atoms with Gasteiger partial charge in [0.15, 0.2) is 0 Å². The number of aromatic nitrogens is 1. The zero-order valence-corrected chi connectivity index (χ0v) is 16.1. The topological polar surface area (TPSA) is 102 Å². The van der Waals surface area contributed by atoms with Crippen molar-refractivity contribution < 1.29 is 19.4 Å². The van der Waals surface area contributed by atoms with Crippen molar-refractivity contribution in [2.75, 3.05) is 45.2 Å². The number of carbonyl (C=O) groups excluding carboxylic acids is 1. The molecule has 2 aliphatic heterocycles. The number of benzene rings is 1. The van der Waals surface area contributed by atoms with Crippen molar-refractivity contribution >= 4 is 28.4 Å². The van der Waals surface area contributed by atoms with Crippen LogP contribution in [0.1, 0.15) is 31.4 Å². The molecule has 3 N–H and O–H groups in total. The van der Waals surface area contributed by atoms with Gasteiger partial charge in [-0.15, -0.1) is 0 Å². The lowest BCUT2D eigenvalue weighted by Gasteiger charge is -2.32. The van der Waals surface area contributed by atoms with E-state index in [4.69, 9.17) is 15.2 Å². The number of nitrogen functional groups attached to an aromatic ring is 1. The van der Waals surface area contributed by atoms with Crippen LogP contribution in [0.4, 0.5) is 10.5 Å². The molecule has 1 saturated heterocycles. The van der Waals surface area contributed by atoms with Crippen LogP contribution in [-0.2, 0) is 9.47 Å². The number of fused-ring (bicyclic) bond motifs is 1. The standard InChI is InChI=1S/C20H26N4O4/c1-2-28-20(26)23-8-5-14(6-9-23)24-17-4-3-13(21)11-15(17)18(19(24)25)16-12-27-10-7-22-16/h3-4,11,14,25H,2,5-10,12,21H2,1H3. The lowest BCUT2D eigenvalue weighted by Crippen LogP contribution is -2.39. The number of aromatic hydroxyl groups is 1. The lowest BCUT2D eigenvalue weighted by molar-refractivity contribution is 0.0924. The zero-order valence-electron chi connectivity index (χ0n) is 16.1. The van der Waals surface area contributed by atoms with E-state index in [0.717, 1.165) is 29.5 Å². The summed E-state index contributed by atoms with van der Waals surface area (Å²) in [7, 11) is 0. The van der Waals surface area contributed by atoms with E-state index in [1.54, 1.807) is 11.8 Å². The summed E-state index contributed by atoms with van der Waals surface area (Å²) in [5, 5.41) is 12.0. The number of likely N-dealkylation sites (tertiary alicyclic amines) is 1. The molecule has 0 bridgehead atoms. The van der Waals surface area contributed by atoms with Gasteiger partial charge >= 0.3 is 6.09 Å². The average Bonchev–Trinajstić information content (AvgIpc) is 3.00. The molecule has 0 radical (unpaired) electrons. The maximum atomic E-state index is 12.0. The Kier molecular flexibility index (Phi) is 5.13. The van der Waals surface area contributed by atoms with Crippen molar-refractivity contribution in [3.8, 4) is 5.88 Å². The van der Waals surface area contributed by atoms with Crippen molar-refractivity contribution in [3.63, 3.8) is 0 Å². The van der Waals surface area contributed by atoms with E-state index in [0.29, 0.717) is 50.7 Å². The summed E-state index contributed by atoms with van der Waals surface area (Å²) in [6.07, 6.45) is 1.20. The summed E-state index contributed by atoms with van der Waals surface area (Å²) in [6, 6.07) is 5.74. The number of nitrogens with zero attached hydrogens (tertiary/aromatic N) is 3. The van der Waals surface area contributed by atoms with Gasteiger partial charge in [0, 0.05) is 30.2 Å². The highest BCUT2D eigenvalue weighted by Crippen LogP contribution is 2.39. The molecule has 0 spiro atoms. The van der Waals surface area contributed by atoms with E-state index < -0.39 is 0 Å². The molecule has 1 fully saturated rings. The van der Waals surface area contributed by atoms with Crippen LogP contribution in [0.25, 0.3) is 10.9 Å². The van der Waals surface area contributed by atoms with Gasteiger partial charge in [0.2, 0.25) is 5.88 Å². The lowest BCUT2D eigenvalue weighted by atomic mass is 10.0. The van der Waals surface area contributed by atoms with Gasteiger partial charge in [0.05, 0.1) is 43.2 Å². The highest BCUT2D eigenvalue weighted by molar-refractivity contribution is 6.14. The monoisotopic (exact) mass is 386 g/mol. The van der Waals surface area contributed by atoms with Crippen LogP contribution < -0.4 is 5.73 Å². The Bertz CT molecular complexity index is 913. The first-order valence-corrected chi connectivity index (χ1v) is 9.75. The summed E-state index contributed by atoms with van der Waals surface area (Å²) in [5.74, 6) is 0.194. The summed E-state index contributed by atoms with van der Waals surface area (Å²) >= 11 is 0. The Hall–Kier alpha value is -2.74. The van der Waals surface area contributed by atoms with E-state index in [-0.39, 0.29) is 18.0 Å². The zero-order chi connectivity index (χ0) is 19.7. The fourth-order valence-corrected chi connectivity index (χ4v) is 4.11. The molecule has 1 aromatic heterocycles. The molecule has 28 heavy (non-hydrogen) atoms. The molecule has 1 amide bonds. The third kappa shape index (κ3) is 3.28. The molecule has 1 aromatic carbocycles. The Morgan fingerprint density at radius 3 is 2.86 bits per heavy atom. The van der Waals surface area contributed by atoms with E-state index in [9.17, 15) is 9.90 Å². The van der Waals surface area contributed by atoms with Crippen molar-refractivity contribution in [2.45, 2.75) is 25.8 Å². The molecule has 2 aromatic rings. The Labute approximate surface area is 163 Å². The molecule has 8 nitrogen and oxygen atoms in total. The van der Waals surface area contributed by atoms with Crippen LogP contribution in [-0.4, -0.2) is 65.8 Å². The van der Waals surface area contributed by atoms with Crippen LogP contribution in [0, 0.1) is 0 Å². The van der Waals surface area contributed by atoms with Gasteiger partial charge < -0.3 is 29.8 Å². The third-order valence-corrected chi connectivity index (χ3v) is 5.42. The highest BCUT2D eigenvalue weighted by Gasteiger charge is 2.30. The third-order valence-electron chi connectivity index (χ3n) is 5.42. The van der Waals surface area contributed by atoms with Crippen molar-refractivity contribution in [3.05, 3.63) is 23.8 Å². The number of amides is 1.